The van der Waals surface area contributed by atoms with Crippen LogP contribution in [0.25, 0.3) is 22.4 Å². The van der Waals surface area contributed by atoms with Crippen LogP contribution in [0.5, 0.6) is 0 Å². The van der Waals surface area contributed by atoms with Crippen molar-refractivity contribution in [3.63, 3.8) is 0 Å². The van der Waals surface area contributed by atoms with Crippen molar-refractivity contribution in [2.75, 3.05) is 0 Å². The predicted octanol–water partition coefficient (Wildman–Crippen LogP) is 3.99. The summed E-state index contributed by atoms with van der Waals surface area (Å²) >= 11 is 0. The summed E-state index contributed by atoms with van der Waals surface area (Å²) in [5.74, 6) is 0.537. The second-order valence-corrected chi connectivity index (χ2v) is 4.49. The third-order valence-corrected chi connectivity index (χ3v) is 3.30. The van der Waals surface area contributed by atoms with Crippen LogP contribution in [-0.2, 0) is 0 Å². The van der Waals surface area contributed by atoms with E-state index in [1.165, 1.54) is 23.3 Å². The van der Waals surface area contributed by atoms with Crippen LogP contribution in [0.15, 0.2) is 36.4 Å². The van der Waals surface area contributed by atoms with Gasteiger partial charge in [-0.1, -0.05) is 18.2 Å². The van der Waals surface area contributed by atoms with Crippen LogP contribution in [0.3, 0.4) is 0 Å². The van der Waals surface area contributed by atoms with Crippen LogP contribution in [0.2, 0.25) is 0 Å². The molecule has 1 heterocycles. The lowest BCUT2D eigenvalue weighted by Crippen LogP contribution is -1.88. The molecular weight excluding hydrogens is 227 g/mol. The average Bonchev–Trinajstić information content (AvgIpc) is 2.75. The molecule has 0 saturated carbocycles. The molecule has 0 saturated heterocycles. The maximum atomic E-state index is 13.1. The van der Waals surface area contributed by atoms with E-state index in [0.29, 0.717) is 0 Å². The fourth-order valence-corrected chi connectivity index (χ4v) is 2.12. The van der Waals surface area contributed by atoms with E-state index in [0.717, 1.165) is 22.4 Å². The van der Waals surface area contributed by atoms with Gasteiger partial charge >= 0.3 is 0 Å². The van der Waals surface area contributed by atoms with Crippen molar-refractivity contribution in [1.29, 1.82) is 0 Å². The highest BCUT2D eigenvalue weighted by Crippen LogP contribution is 2.25. The van der Waals surface area contributed by atoms with Crippen LogP contribution in [0.4, 0.5) is 4.39 Å². The molecule has 1 aromatic heterocycles. The van der Waals surface area contributed by atoms with E-state index in [4.69, 9.17) is 0 Å². The molecule has 0 amide bonds. The Morgan fingerprint density at radius 2 is 1.94 bits per heavy atom. The van der Waals surface area contributed by atoms with Gasteiger partial charge in [0.15, 0.2) is 0 Å². The first-order chi connectivity index (χ1) is 8.65. The molecule has 90 valence electrons. The van der Waals surface area contributed by atoms with Crippen LogP contribution >= 0.6 is 0 Å². The number of H-pyrrole nitrogens is 1. The first-order valence-corrected chi connectivity index (χ1v) is 5.87. The van der Waals surface area contributed by atoms with Gasteiger partial charge in [-0.05, 0) is 43.2 Å². The van der Waals surface area contributed by atoms with E-state index in [9.17, 15) is 4.39 Å². The molecule has 0 fully saturated rings. The normalized spacial score (nSPS) is 11.1. The van der Waals surface area contributed by atoms with Crippen LogP contribution in [0.1, 0.15) is 11.1 Å². The van der Waals surface area contributed by atoms with Crippen molar-refractivity contribution >= 4 is 11.0 Å². The van der Waals surface area contributed by atoms with Crippen LogP contribution in [0, 0.1) is 19.7 Å². The molecule has 3 heteroatoms. The Kier molecular flexibility index (Phi) is 2.40. The predicted molar refractivity (Wildman–Crippen MR) is 71.0 cm³/mol. The van der Waals surface area contributed by atoms with Gasteiger partial charge < -0.3 is 4.98 Å². The molecule has 3 aromatic rings. The molecule has 18 heavy (non-hydrogen) atoms. The number of imidazole rings is 1. The number of nitrogens with zero attached hydrogens (tertiary/aromatic N) is 1. The first-order valence-electron chi connectivity index (χ1n) is 5.87. The van der Waals surface area contributed by atoms with Gasteiger partial charge in [0, 0.05) is 5.56 Å². The van der Waals surface area contributed by atoms with Crippen molar-refractivity contribution in [2.24, 2.45) is 0 Å². The Morgan fingerprint density at radius 3 is 2.78 bits per heavy atom. The van der Waals surface area contributed by atoms with E-state index >= 15 is 0 Å². The van der Waals surface area contributed by atoms with Gasteiger partial charge in [0.2, 0.25) is 0 Å². The molecule has 0 bridgehead atoms. The van der Waals surface area contributed by atoms with E-state index in [1.807, 2.05) is 12.1 Å². The molecule has 2 aromatic carbocycles. The van der Waals surface area contributed by atoms with Crippen molar-refractivity contribution in [2.45, 2.75) is 13.8 Å². The van der Waals surface area contributed by atoms with E-state index in [-0.39, 0.29) is 5.82 Å². The summed E-state index contributed by atoms with van der Waals surface area (Å²) in [6.45, 7) is 4.14. The number of halogens is 1. The van der Waals surface area contributed by atoms with Gasteiger partial charge in [0.05, 0.1) is 11.0 Å². The first kappa shape index (κ1) is 11.0. The van der Waals surface area contributed by atoms with E-state index in [2.05, 4.69) is 29.9 Å². The smallest absolute Gasteiger partial charge is 0.138 e. The number of benzene rings is 2. The van der Waals surface area contributed by atoms with Crippen molar-refractivity contribution < 1.29 is 4.39 Å². The summed E-state index contributed by atoms with van der Waals surface area (Å²) in [6, 6.07) is 10.7. The maximum Gasteiger partial charge on any atom is 0.138 e. The summed E-state index contributed by atoms with van der Waals surface area (Å²) in [4.78, 5) is 7.67. The zero-order chi connectivity index (χ0) is 12.7. The number of aromatic nitrogens is 2. The second kappa shape index (κ2) is 3.95. The van der Waals surface area contributed by atoms with Gasteiger partial charge in [-0.2, -0.15) is 0 Å². The number of hydrogen-bond acceptors (Lipinski definition) is 1. The topological polar surface area (TPSA) is 28.7 Å². The van der Waals surface area contributed by atoms with Crippen molar-refractivity contribution in [3.05, 3.63) is 53.3 Å². The van der Waals surface area contributed by atoms with Gasteiger partial charge in [-0.3, -0.25) is 0 Å². The molecule has 0 unspecified atom stereocenters. The lowest BCUT2D eigenvalue weighted by Gasteiger charge is -2.04. The quantitative estimate of drug-likeness (QED) is 0.684. The summed E-state index contributed by atoms with van der Waals surface area (Å²) < 4.78 is 13.1. The molecule has 0 aliphatic carbocycles. The highest BCUT2D eigenvalue weighted by Gasteiger charge is 2.09. The molecule has 0 aliphatic rings. The molecule has 0 spiro atoms. The fraction of sp³-hybridized carbons (Fsp3) is 0.133. The third-order valence-electron chi connectivity index (χ3n) is 3.30. The highest BCUT2D eigenvalue weighted by atomic mass is 19.1. The van der Waals surface area contributed by atoms with Gasteiger partial charge in [0.1, 0.15) is 11.6 Å². The third kappa shape index (κ3) is 1.68. The molecule has 1 N–H and O–H groups in total. The molecular formula is C15H13FN2. The lowest BCUT2D eigenvalue weighted by molar-refractivity contribution is 0.629. The minimum atomic E-state index is -0.251. The Balaban J connectivity index is 2.22. The Labute approximate surface area is 104 Å². The largest absolute Gasteiger partial charge is 0.338 e. The monoisotopic (exact) mass is 240 g/mol. The van der Waals surface area contributed by atoms with E-state index < -0.39 is 0 Å². The van der Waals surface area contributed by atoms with E-state index in [1.54, 1.807) is 6.07 Å². The Morgan fingerprint density at radius 1 is 1.11 bits per heavy atom. The number of nitrogens with one attached hydrogen (secondary N) is 1. The Hall–Kier alpha value is -2.16. The minimum absolute atomic E-state index is 0.251. The number of aryl methyl sites for hydroxylation is 1. The molecule has 0 aliphatic heterocycles. The summed E-state index contributed by atoms with van der Waals surface area (Å²) in [5.41, 5.74) is 4.99. The van der Waals surface area contributed by atoms with Gasteiger partial charge in [-0.15, -0.1) is 0 Å². The minimum Gasteiger partial charge on any atom is -0.338 e. The SMILES string of the molecule is Cc1cccc(-c2nc3ccc(F)cc3[nH]2)c1C. The van der Waals surface area contributed by atoms with Crippen molar-refractivity contribution in [3.8, 4) is 11.4 Å². The molecule has 0 radical (unpaired) electrons. The molecule has 3 rings (SSSR count). The summed E-state index contributed by atoms with van der Waals surface area (Å²) in [7, 11) is 0. The number of hydrogen-bond donors (Lipinski definition) is 1. The van der Waals surface area contributed by atoms with Crippen molar-refractivity contribution in [1.82, 2.24) is 9.97 Å². The van der Waals surface area contributed by atoms with Crippen LogP contribution in [-0.4, -0.2) is 9.97 Å². The standard InChI is InChI=1S/C15H13FN2/c1-9-4-3-5-12(10(9)2)15-17-13-7-6-11(16)8-14(13)18-15/h3-8H,1-2H3,(H,17,18). The summed E-state index contributed by atoms with van der Waals surface area (Å²) in [5, 5.41) is 0. The maximum absolute atomic E-state index is 13.1. The zero-order valence-corrected chi connectivity index (χ0v) is 10.3. The fourth-order valence-electron chi connectivity index (χ4n) is 2.12. The zero-order valence-electron chi connectivity index (χ0n) is 10.3. The number of rotatable bonds is 1. The van der Waals surface area contributed by atoms with Gasteiger partial charge in [-0.25, -0.2) is 9.37 Å². The average molecular weight is 240 g/mol. The summed E-state index contributed by atoms with van der Waals surface area (Å²) in [6.07, 6.45) is 0. The van der Waals surface area contributed by atoms with Crippen LogP contribution < -0.4 is 0 Å². The lowest BCUT2D eigenvalue weighted by atomic mass is 10.0. The Bertz CT molecular complexity index is 728. The second-order valence-electron chi connectivity index (χ2n) is 4.49. The van der Waals surface area contributed by atoms with Gasteiger partial charge in [0.25, 0.3) is 0 Å². The number of fused-ring (bicyclic) bond motifs is 1. The number of aromatic amines is 1. The molecule has 0 atom stereocenters. The highest BCUT2D eigenvalue weighted by molar-refractivity contribution is 5.80. The molecule has 2 nitrogen and oxygen atoms in total.